The largest absolute Gasteiger partial charge is 0.481 e. The van der Waals surface area contributed by atoms with E-state index in [1.807, 2.05) is 0 Å². The highest BCUT2D eigenvalue weighted by atomic mass is 16.4. The summed E-state index contributed by atoms with van der Waals surface area (Å²) < 4.78 is 0. The lowest BCUT2D eigenvalue weighted by molar-refractivity contribution is -0.142. The second-order valence-corrected chi connectivity index (χ2v) is 5.40. The summed E-state index contributed by atoms with van der Waals surface area (Å²) in [5.41, 5.74) is 0. The van der Waals surface area contributed by atoms with Crippen LogP contribution in [0.25, 0.3) is 0 Å². The third-order valence-electron chi connectivity index (χ3n) is 3.88. The lowest BCUT2D eigenvalue weighted by atomic mass is 9.86. The van der Waals surface area contributed by atoms with E-state index < -0.39 is 5.97 Å². The van der Waals surface area contributed by atoms with Gasteiger partial charge in [0.05, 0.1) is 5.92 Å². The molecule has 0 spiro atoms. The molecule has 0 aromatic rings. The summed E-state index contributed by atoms with van der Waals surface area (Å²) in [6, 6.07) is 0.245. The first kappa shape index (κ1) is 15.8. The van der Waals surface area contributed by atoms with Gasteiger partial charge in [0.2, 0.25) is 0 Å². The molecule has 1 saturated carbocycles. The van der Waals surface area contributed by atoms with E-state index in [0.29, 0.717) is 12.8 Å². The number of carboxylic acid groups (broad SMARTS) is 1. The van der Waals surface area contributed by atoms with Gasteiger partial charge in [-0.2, -0.15) is 0 Å². The van der Waals surface area contributed by atoms with E-state index in [1.54, 1.807) is 0 Å². The Morgan fingerprint density at radius 1 is 1.21 bits per heavy atom. The van der Waals surface area contributed by atoms with Gasteiger partial charge >= 0.3 is 12.0 Å². The summed E-state index contributed by atoms with van der Waals surface area (Å²) in [5, 5.41) is 14.9. The molecule has 0 radical (unpaired) electrons. The first-order chi connectivity index (χ1) is 9.06. The van der Waals surface area contributed by atoms with E-state index in [1.165, 1.54) is 0 Å². The van der Waals surface area contributed by atoms with Crippen LogP contribution >= 0.6 is 0 Å². The highest BCUT2D eigenvalue weighted by Crippen LogP contribution is 2.24. The van der Waals surface area contributed by atoms with E-state index in [0.717, 1.165) is 32.1 Å². The van der Waals surface area contributed by atoms with Crippen LogP contribution in [0, 0.1) is 5.92 Å². The first-order valence-corrected chi connectivity index (χ1v) is 7.36. The van der Waals surface area contributed by atoms with Crippen LogP contribution in [0.3, 0.4) is 0 Å². The zero-order valence-corrected chi connectivity index (χ0v) is 11.9. The van der Waals surface area contributed by atoms with E-state index in [4.69, 9.17) is 5.11 Å². The van der Waals surface area contributed by atoms with Crippen molar-refractivity contribution in [3.8, 4) is 0 Å². The predicted molar refractivity (Wildman–Crippen MR) is 74.0 cm³/mol. The fraction of sp³-hybridized carbons (Fsp3) is 0.857. The van der Waals surface area contributed by atoms with Gasteiger partial charge in [0.1, 0.15) is 0 Å². The fourth-order valence-electron chi connectivity index (χ4n) is 2.62. The van der Waals surface area contributed by atoms with Crippen LogP contribution in [0.1, 0.15) is 58.8 Å². The van der Waals surface area contributed by atoms with Crippen molar-refractivity contribution < 1.29 is 14.7 Å². The van der Waals surface area contributed by atoms with Gasteiger partial charge in [-0.3, -0.25) is 4.79 Å². The summed E-state index contributed by atoms with van der Waals surface area (Å²) in [7, 11) is 0. The van der Waals surface area contributed by atoms with Crippen molar-refractivity contribution in [2.24, 2.45) is 5.92 Å². The number of rotatable bonds is 6. The average Bonchev–Trinajstić information content (AvgIpc) is 2.38. The standard InChI is InChI=1S/C14H26N2O3/c1-3-5-11(4-2)15-14(19)16-12-8-6-10(7-9-12)13(17)18/h10-12H,3-9H2,1-2H3,(H,17,18)(H2,15,16,19). The van der Waals surface area contributed by atoms with Gasteiger partial charge in [0, 0.05) is 12.1 Å². The minimum absolute atomic E-state index is 0.112. The average molecular weight is 270 g/mol. The van der Waals surface area contributed by atoms with Crippen LogP contribution in [-0.4, -0.2) is 29.2 Å². The van der Waals surface area contributed by atoms with Crippen molar-refractivity contribution in [2.75, 3.05) is 0 Å². The topological polar surface area (TPSA) is 78.4 Å². The summed E-state index contributed by atoms with van der Waals surface area (Å²) >= 11 is 0. The molecule has 1 fully saturated rings. The van der Waals surface area contributed by atoms with Crippen molar-refractivity contribution in [1.82, 2.24) is 10.6 Å². The van der Waals surface area contributed by atoms with Crippen LogP contribution in [-0.2, 0) is 4.79 Å². The van der Waals surface area contributed by atoms with Crippen LogP contribution in [0.4, 0.5) is 4.79 Å². The van der Waals surface area contributed by atoms with Crippen molar-refractivity contribution in [3.63, 3.8) is 0 Å². The minimum Gasteiger partial charge on any atom is -0.481 e. The molecule has 0 aliphatic heterocycles. The predicted octanol–water partition coefficient (Wildman–Crippen LogP) is 2.51. The number of hydrogen-bond donors (Lipinski definition) is 3. The number of urea groups is 1. The number of carboxylic acids is 1. The zero-order chi connectivity index (χ0) is 14.3. The highest BCUT2D eigenvalue weighted by Gasteiger charge is 2.26. The summed E-state index contributed by atoms with van der Waals surface area (Å²) in [6.45, 7) is 4.17. The molecule has 110 valence electrons. The molecule has 1 unspecified atom stereocenters. The fourth-order valence-corrected chi connectivity index (χ4v) is 2.62. The molecule has 5 heteroatoms. The molecule has 1 atom stereocenters. The van der Waals surface area contributed by atoms with Crippen molar-refractivity contribution >= 4 is 12.0 Å². The molecular weight excluding hydrogens is 244 g/mol. The summed E-state index contributed by atoms with van der Waals surface area (Å²) in [6.07, 6.45) is 5.83. The number of aliphatic carboxylic acids is 1. The maximum atomic E-state index is 11.8. The third-order valence-corrected chi connectivity index (χ3v) is 3.88. The molecule has 1 aliphatic carbocycles. The van der Waals surface area contributed by atoms with Crippen LogP contribution in [0.2, 0.25) is 0 Å². The SMILES string of the molecule is CCCC(CC)NC(=O)NC1CCC(C(=O)O)CC1. The third kappa shape index (κ3) is 5.49. The Labute approximate surface area is 115 Å². The van der Waals surface area contributed by atoms with Gasteiger partial charge < -0.3 is 15.7 Å². The van der Waals surface area contributed by atoms with Gasteiger partial charge in [-0.15, -0.1) is 0 Å². The van der Waals surface area contributed by atoms with Gasteiger partial charge in [-0.05, 0) is 38.5 Å². The van der Waals surface area contributed by atoms with Gasteiger partial charge in [-0.1, -0.05) is 20.3 Å². The van der Waals surface area contributed by atoms with Crippen LogP contribution < -0.4 is 10.6 Å². The number of nitrogens with one attached hydrogen (secondary N) is 2. The molecule has 5 nitrogen and oxygen atoms in total. The van der Waals surface area contributed by atoms with Gasteiger partial charge in [-0.25, -0.2) is 4.79 Å². The van der Waals surface area contributed by atoms with Gasteiger partial charge in [0.15, 0.2) is 0 Å². The Hall–Kier alpha value is -1.26. The quantitative estimate of drug-likeness (QED) is 0.694. The van der Waals surface area contributed by atoms with Crippen molar-refractivity contribution in [3.05, 3.63) is 0 Å². The molecule has 1 rings (SSSR count). The minimum atomic E-state index is -0.711. The summed E-state index contributed by atoms with van der Waals surface area (Å²) in [4.78, 5) is 22.7. The Morgan fingerprint density at radius 2 is 1.84 bits per heavy atom. The van der Waals surface area contributed by atoms with Crippen LogP contribution in [0.5, 0.6) is 0 Å². The second kappa shape index (κ2) is 8.02. The van der Waals surface area contributed by atoms with Crippen molar-refractivity contribution in [1.29, 1.82) is 0 Å². The van der Waals surface area contributed by atoms with E-state index >= 15 is 0 Å². The Balaban J connectivity index is 2.28. The lowest BCUT2D eigenvalue weighted by Gasteiger charge is -2.27. The summed E-state index contributed by atoms with van der Waals surface area (Å²) in [5.74, 6) is -0.943. The molecule has 3 N–H and O–H groups in total. The molecule has 1 aliphatic rings. The van der Waals surface area contributed by atoms with E-state index in [9.17, 15) is 9.59 Å². The highest BCUT2D eigenvalue weighted by molar-refractivity contribution is 5.74. The number of carbonyl (C=O) groups is 2. The molecule has 0 aromatic carbocycles. The van der Waals surface area contributed by atoms with Gasteiger partial charge in [0.25, 0.3) is 0 Å². The molecule has 0 saturated heterocycles. The Kier molecular flexibility index (Phi) is 6.67. The van der Waals surface area contributed by atoms with E-state index in [-0.39, 0.29) is 24.0 Å². The molecule has 0 bridgehead atoms. The zero-order valence-electron chi connectivity index (χ0n) is 11.9. The maximum Gasteiger partial charge on any atom is 0.315 e. The molecule has 19 heavy (non-hydrogen) atoms. The number of hydrogen-bond acceptors (Lipinski definition) is 2. The molecular formula is C14H26N2O3. The first-order valence-electron chi connectivity index (χ1n) is 7.36. The normalized spacial score (nSPS) is 24.5. The van der Waals surface area contributed by atoms with Crippen LogP contribution in [0.15, 0.2) is 0 Å². The molecule has 0 aromatic heterocycles. The van der Waals surface area contributed by atoms with Crippen molar-refractivity contribution in [2.45, 2.75) is 70.9 Å². The number of amides is 2. The maximum absolute atomic E-state index is 11.8. The lowest BCUT2D eigenvalue weighted by Crippen LogP contribution is -2.47. The van der Waals surface area contributed by atoms with E-state index in [2.05, 4.69) is 24.5 Å². The number of carbonyl (C=O) groups excluding carboxylic acids is 1. The smallest absolute Gasteiger partial charge is 0.315 e. The monoisotopic (exact) mass is 270 g/mol. The molecule has 0 heterocycles. The Morgan fingerprint density at radius 3 is 2.32 bits per heavy atom. The molecule has 2 amide bonds. The Bertz CT molecular complexity index is 299. The second-order valence-electron chi connectivity index (χ2n) is 5.40.